The number of carbonyl (C=O) groups is 1. The molecular formula is C19H24N2O3. The fraction of sp³-hybridized carbons (Fsp3) is 0.474. The van der Waals surface area contributed by atoms with E-state index < -0.39 is 0 Å². The van der Waals surface area contributed by atoms with Crippen LogP contribution in [0.15, 0.2) is 35.1 Å². The monoisotopic (exact) mass is 328 g/mol. The molecule has 0 spiro atoms. The first-order valence-corrected chi connectivity index (χ1v) is 8.70. The van der Waals surface area contributed by atoms with Crippen molar-refractivity contribution in [2.45, 2.75) is 51.5 Å². The highest BCUT2D eigenvalue weighted by Crippen LogP contribution is 2.24. The lowest BCUT2D eigenvalue weighted by Gasteiger charge is -2.35. The number of nitrogens with zero attached hydrogens (tertiary/aromatic N) is 2. The Bertz CT molecular complexity index is 678. The van der Waals surface area contributed by atoms with Gasteiger partial charge < -0.3 is 14.4 Å². The van der Waals surface area contributed by atoms with Crippen LogP contribution in [-0.4, -0.2) is 33.5 Å². The van der Waals surface area contributed by atoms with Crippen LogP contribution in [0, 0.1) is 0 Å². The van der Waals surface area contributed by atoms with Crippen LogP contribution in [0.2, 0.25) is 0 Å². The fourth-order valence-electron chi connectivity index (χ4n) is 3.40. The molecule has 2 aromatic rings. The summed E-state index contributed by atoms with van der Waals surface area (Å²) in [5.41, 5.74) is 1.65. The van der Waals surface area contributed by atoms with Crippen molar-refractivity contribution in [2.75, 3.05) is 6.54 Å². The van der Waals surface area contributed by atoms with E-state index in [4.69, 9.17) is 4.42 Å². The van der Waals surface area contributed by atoms with Gasteiger partial charge in [0.15, 0.2) is 12.1 Å². The third-order valence-electron chi connectivity index (χ3n) is 4.76. The smallest absolute Gasteiger partial charge is 0.276 e. The molecule has 1 aliphatic heterocycles. The number of hydrogen-bond acceptors (Lipinski definition) is 4. The normalized spacial score (nSPS) is 17.9. The van der Waals surface area contributed by atoms with Crippen LogP contribution < -0.4 is 0 Å². The van der Waals surface area contributed by atoms with Crippen molar-refractivity contribution in [3.05, 3.63) is 47.7 Å². The number of rotatable bonds is 5. The number of aromatic hydroxyl groups is 1. The van der Waals surface area contributed by atoms with Crippen molar-refractivity contribution in [1.82, 2.24) is 9.88 Å². The Morgan fingerprint density at radius 2 is 2.12 bits per heavy atom. The van der Waals surface area contributed by atoms with Gasteiger partial charge in [-0.3, -0.25) is 4.79 Å². The van der Waals surface area contributed by atoms with Gasteiger partial charge in [0.25, 0.3) is 5.91 Å². The summed E-state index contributed by atoms with van der Waals surface area (Å²) in [6.45, 7) is 2.75. The van der Waals surface area contributed by atoms with E-state index in [1.54, 1.807) is 12.1 Å². The van der Waals surface area contributed by atoms with E-state index in [2.05, 4.69) is 4.98 Å². The molecule has 128 valence electrons. The van der Waals surface area contributed by atoms with Crippen LogP contribution in [0.4, 0.5) is 0 Å². The molecule has 0 bridgehead atoms. The maximum Gasteiger partial charge on any atom is 0.276 e. The van der Waals surface area contributed by atoms with Gasteiger partial charge in [-0.15, -0.1) is 0 Å². The van der Waals surface area contributed by atoms with Gasteiger partial charge in [-0.05, 0) is 49.8 Å². The fourth-order valence-corrected chi connectivity index (χ4v) is 3.40. The lowest BCUT2D eigenvalue weighted by atomic mass is 9.95. The van der Waals surface area contributed by atoms with E-state index in [1.807, 2.05) is 24.0 Å². The molecule has 1 saturated heterocycles. The number of amides is 1. The lowest BCUT2D eigenvalue weighted by Crippen LogP contribution is -2.44. The molecule has 0 saturated carbocycles. The number of piperidine rings is 1. The van der Waals surface area contributed by atoms with Gasteiger partial charge in [0, 0.05) is 19.0 Å². The summed E-state index contributed by atoms with van der Waals surface area (Å²) < 4.78 is 5.32. The number of aryl methyl sites for hydroxylation is 2. The summed E-state index contributed by atoms with van der Waals surface area (Å²) in [5, 5.41) is 9.37. The first kappa shape index (κ1) is 16.6. The van der Waals surface area contributed by atoms with Crippen molar-refractivity contribution in [1.29, 1.82) is 0 Å². The second-order valence-corrected chi connectivity index (χ2v) is 6.33. The standard InChI is InChI=1S/C19H24N2O3/c1-2-17-18(20-13-24-17)19(23)21-12-4-3-5-15(21)9-6-14-7-10-16(22)11-8-14/h7-8,10-11,13,15,22H,2-6,9,12H2,1H3/t15-/m1/s1. The predicted octanol–water partition coefficient (Wildman–Crippen LogP) is 3.57. The second-order valence-electron chi connectivity index (χ2n) is 6.33. The molecule has 5 heteroatoms. The summed E-state index contributed by atoms with van der Waals surface area (Å²) in [4.78, 5) is 19.0. The topological polar surface area (TPSA) is 66.6 Å². The van der Waals surface area contributed by atoms with Crippen LogP contribution in [0.1, 0.15) is 54.4 Å². The van der Waals surface area contributed by atoms with Gasteiger partial charge in [0.2, 0.25) is 0 Å². The average molecular weight is 328 g/mol. The molecule has 1 aromatic heterocycles. The summed E-state index contributed by atoms with van der Waals surface area (Å²) >= 11 is 0. The molecule has 0 radical (unpaired) electrons. The number of hydrogen-bond donors (Lipinski definition) is 1. The van der Waals surface area contributed by atoms with Crippen molar-refractivity contribution in [3.63, 3.8) is 0 Å². The Morgan fingerprint density at radius 3 is 2.88 bits per heavy atom. The molecule has 1 atom stereocenters. The number of phenolic OH excluding ortho intramolecular Hbond substituents is 1. The van der Waals surface area contributed by atoms with E-state index in [-0.39, 0.29) is 17.7 Å². The molecule has 5 nitrogen and oxygen atoms in total. The summed E-state index contributed by atoms with van der Waals surface area (Å²) in [5.74, 6) is 0.949. The van der Waals surface area contributed by atoms with E-state index >= 15 is 0 Å². The minimum Gasteiger partial charge on any atom is -0.508 e. The molecule has 0 aliphatic carbocycles. The van der Waals surface area contributed by atoms with Gasteiger partial charge in [0.1, 0.15) is 11.5 Å². The highest BCUT2D eigenvalue weighted by Gasteiger charge is 2.30. The van der Waals surface area contributed by atoms with Crippen molar-refractivity contribution >= 4 is 5.91 Å². The van der Waals surface area contributed by atoms with Gasteiger partial charge in [0.05, 0.1) is 0 Å². The second kappa shape index (κ2) is 7.51. The SMILES string of the molecule is CCc1ocnc1C(=O)N1CCCC[C@@H]1CCc1ccc(O)cc1. The first-order chi connectivity index (χ1) is 11.7. The zero-order valence-electron chi connectivity index (χ0n) is 14.1. The molecule has 24 heavy (non-hydrogen) atoms. The number of aromatic nitrogens is 1. The summed E-state index contributed by atoms with van der Waals surface area (Å²) in [6.07, 6.45) is 7.09. The molecule has 3 rings (SSSR count). The highest BCUT2D eigenvalue weighted by molar-refractivity contribution is 5.93. The number of phenols is 1. The van der Waals surface area contributed by atoms with E-state index in [9.17, 15) is 9.90 Å². The van der Waals surface area contributed by atoms with E-state index in [1.165, 1.54) is 12.0 Å². The number of benzene rings is 1. The minimum absolute atomic E-state index is 0.00370. The van der Waals surface area contributed by atoms with Crippen LogP contribution in [-0.2, 0) is 12.8 Å². The molecular weight excluding hydrogens is 304 g/mol. The Hall–Kier alpha value is -2.30. The molecule has 1 amide bonds. The van der Waals surface area contributed by atoms with Crippen molar-refractivity contribution in [3.8, 4) is 5.75 Å². The maximum atomic E-state index is 12.9. The third kappa shape index (κ3) is 3.61. The van der Waals surface area contributed by atoms with Crippen molar-refractivity contribution in [2.24, 2.45) is 0 Å². The van der Waals surface area contributed by atoms with Crippen molar-refractivity contribution < 1.29 is 14.3 Å². The Morgan fingerprint density at radius 1 is 1.33 bits per heavy atom. The van der Waals surface area contributed by atoms with Gasteiger partial charge in [-0.2, -0.15) is 0 Å². The molecule has 2 heterocycles. The van der Waals surface area contributed by atoms with Crippen LogP contribution in [0.25, 0.3) is 0 Å². The molecule has 0 unspecified atom stereocenters. The minimum atomic E-state index is -0.00370. The quantitative estimate of drug-likeness (QED) is 0.911. The number of likely N-dealkylation sites (tertiary alicyclic amines) is 1. The Balaban J connectivity index is 1.69. The van der Waals surface area contributed by atoms with Gasteiger partial charge in [-0.1, -0.05) is 19.1 Å². The number of oxazole rings is 1. The van der Waals surface area contributed by atoms with Crippen LogP contribution in [0.3, 0.4) is 0 Å². The predicted molar refractivity (Wildman–Crippen MR) is 91.0 cm³/mol. The van der Waals surface area contributed by atoms with Gasteiger partial charge >= 0.3 is 0 Å². The Labute approximate surface area is 142 Å². The van der Waals surface area contributed by atoms with Crippen LogP contribution in [0.5, 0.6) is 5.75 Å². The van der Waals surface area contributed by atoms with E-state index in [0.29, 0.717) is 17.9 Å². The lowest BCUT2D eigenvalue weighted by molar-refractivity contribution is 0.0594. The zero-order chi connectivity index (χ0) is 16.9. The van der Waals surface area contributed by atoms with E-state index in [0.717, 1.165) is 38.6 Å². The van der Waals surface area contributed by atoms with Gasteiger partial charge in [-0.25, -0.2) is 4.98 Å². The Kier molecular flexibility index (Phi) is 5.18. The third-order valence-corrected chi connectivity index (χ3v) is 4.76. The largest absolute Gasteiger partial charge is 0.508 e. The maximum absolute atomic E-state index is 12.9. The highest BCUT2D eigenvalue weighted by atomic mass is 16.3. The van der Waals surface area contributed by atoms with Crippen LogP contribution >= 0.6 is 0 Å². The molecule has 1 N–H and O–H groups in total. The molecule has 1 aromatic carbocycles. The molecule has 1 fully saturated rings. The summed E-state index contributed by atoms with van der Waals surface area (Å²) in [6, 6.07) is 7.54. The average Bonchev–Trinajstić information content (AvgIpc) is 3.09. The number of carbonyl (C=O) groups excluding carboxylic acids is 1. The first-order valence-electron chi connectivity index (χ1n) is 8.70. The summed E-state index contributed by atoms with van der Waals surface area (Å²) in [7, 11) is 0. The molecule has 1 aliphatic rings. The zero-order valence-corrected chi connectivity index (χ0v) is 14.1.